The molecule has 0 saturated carbocycles. The second-order valence-corrected chi connectivity index (χ2v) is 4.46. The van der Waals surface area contributed by atoms with E-state index in [1.54, 1.807) is 4.90 Å². The molecular formula is C11H13F3N4O. The Morgan fingerprint density at radius 2 is 2.00 bits per heavy atom. The van der Waals surface area contributed by atoms with Gasteiger partial charge in [-0.15, -0.1) is 0 Å². The molecule has 1 aliphatic heterocycles. The fraction of sp³-hybridized carbons (Fsp3) is 0.545. The minimum atomic E-state index is -4.45. The number of nitrogens with two attached hydrogens (primary N) is 1. The number of piperidine rings is 1. The van der Waals surface area contributed by atoms with E-state index in [2.05, 4.69) is 9.97 Å². The molecule has 0 bridgehead atoms. The summed E-state index contributed by atoms with van der Waals surface area (Å²) in [6.45, 7) is 0.954. The SMILES string of the molecule is NC(=O)C1CCCN(c2ncc(C(F)(F)F)cn2)C1. The van der Waals surface area contributed by atoms with E-state index >= 15 is 0 Å². The molecule has 1 unspecified atom stereocenters. The van der Waals surface area contributed by atoms with Gasteiger partial charge in [0.05, 0.1) is 11.5 Å². The van der Waals surface area contributed by atoms with Crippen molar-refractivity contribution in [2.45, 2.75) is 19.0 Å². The Bertz CT molecular complexity index is 460. The summed E-state index contributed by atoms with van der Waals surface area (Å²) < 4.78 is 37.1. The zero-order chi connectivity index (χ0) is 14.0. The second kappa shape index (κ2) is 5.02. The number of hydrogen-bond acceptors (Lipinski definition) is 4. The molecule has 1 aromatic heterocycles. The highest BCUT2D eigenvalue weighted by molar-refractivity contribution is 5.77. The van der Waals surface area contributed by atoms with E-state index in [1.807, 2.05) is 0 Å². The zero-order valence-electron chi connectivity index (χ0n) is 10.0. The van der Waals surface area contributed by atoms with Gasteiger partial charge >= 0.3 is 6.18 Å². The highest BCUT2D eigenvalue weighted by Gasteiger charge is 2.32. The monoisotopic (exact) mass is 274 g/mol. The quantitative estimate of drug-likeness (QED) is 0.879. The molecule has 1 saturated heterocycles. The summed E-state index contributed by atoms with van der Waals surface area (Å²) in [5.74, 6) is -0.518. The van der Waals surface area contributed by atoms with Crippen LogP contribution in [-0.4, -0.2) is 29.0 Å². The summed E-state index contributed by atoms with van der Waals surface area (Å²) in [5, 5.41) is 0. The van der Waals surface area contributed by atoms with Crippen LogP contribution in [0.15, 0.2) is 12.4 Å². The molecule has 0 aliphatic carbocycles. The summed E-state index contributed by atoms with van der Waals surface area (Å²) in [4.78, 5) is 20.2. The van der Waals surface area contributed by atoms with E-state index < -0.39 is 17.6 Å². The first-order valence-corrected chi connectivity index (χ1v) is 5.81. The number of carbonyl (C=O) groups excluding carboxylic acids is 1. The summed E-state index contributed by atoms with van der Waals surface area (Å²) in [6, 6.07) is 0. The van der Waals surface area contributed by atoms with Crippen LogP contribution in [0.3, 0.4) is 0 Å². The highest BCUT2D eigenvalue weighted by atomic mass is 19.4. The van der Waals surface area contributed by atoms with Crippen LogP contribution in [-0.2, 0) is 11.0 Å². The molecule has 1 amide bonds. The lowest BCUT2D eigenvalue weighted by Gasteiger charge is -2.31. The van der Waals surface area contributed by atoms with Gasteiger partial charge < -0.3 is 10.6 Å². The maximum Gasteiger partial charge on any atom is 0.419 e. The number of nitrogens with zero attached hydrogens (tertiary/aromatic N) is 3. The van der Waals surface area contributed by atoms with Crippen LogP contribution >= 0.6 is 0 Å². The van der Waals surface area contributed by atoms with Crippen molar-refractivity contribution in [3.8, 4) is 0 Å². The van der Waals surface area contributed by atoms with Gasteiger partial charge in [-0.3, -0.25) is 4.79 Å². The standard InChI is InChI=1S/C11H13F3N4O/c12-11(13,14)8-4-16-10(17-5-8)18-3-1-2-7(6-18)9(15)19/h4-5,7H,1-3,6H2,(H2,15,19). The Hall–Kier alpha value is -1.86. The van der Waals surface area contributed by atoms with Gasteiger partial charge in [0.2, 0.25) is 11.9 Å². The van der Waals surface area contributed by atoms with Gasteiger partial charge in [0, 0.05) is 25.5 Å². The van der Waals surface area contributed by atoms with Gasteiger partial charge in [-0.2, -0.15) is 13.2 Å². The van der Waals surface area contributed by atoms with E-state index in [4.69, 9.17) is 5.73 Å². The summed E-state index contributed by atoms with van der Waals surface area (Å²) in [5.41, 5.74) is 4.34. The molecule has 104 valence electrons. The average molecular weight is 274 g/mol. The van der Waals surface area contributed by atoms with E-state index in [0.29, 0.717) is 19.5 Å². The maximum atomic E-state index is 12.4. The molecule has 2 N–H and O–H groups in total. The smallest absolute Gasteiger partial charge is 0.369 e. The normalized spacial score (nSPS) is 20.4. The van der Waals surface area contributed by atoms with Crippen molar-refractivity contribution in [3.63, 3.8) is 0 Å². The summed E-state index contributed by atoms with van der Waals surface area (Å²) in [7, 11) is 0. The Morgan fingerprint density at radius 1 is 1.37 bits per heavy atom. The highest BCUT2D eigenvalue weighted by Crippen LogP contribution is 2.29. The first-order valence-electron chi connectivity index (χ1n) is 5.81. The number of amides is 1. The van der Waals surface area contributed by atoms with E-state index in [9.17, 15) is 18.0 Å². The molecule has 5 nitrogen and oxygen atoms in total. The maximum absolute atomic E-state index is 12.4. The number of halogens is 3. The van der Waals surface area contributed by atoms with Gasteiger partial charge in [0.15, 0.2) is 0 Å². The molecule has 1 aliphatic rings. The third-order valence-electron chi connectivity index (χ3n) is 3.07. The molecule has 1 aromatic rings. The molecule has 1 fully saturated rings. The van der Waals surface area contributed by atoms with E-state index in [-0.39, 0.29) is 11.9 Å². The second-order valence-electron chi connectivity index (χ2n) is 4.46. The lowest BCUT2D eigenvalue weighted by Crippen LogP contribution is -2.41. The Balaban J connectivity index is 2.12. The van der Waals surface area contributed by atoms with Crippen molar-refractivity contribution in [1.82, 2.24) is 9.97 Å². The number of rotatable bonds is 2. The number of carbonyl (C=O) groups is 1. The van der Waals surface area contributed by atoms with Crippen LogP contribution in [0.5, 0.6) is 0 Å². The molecule has 2 rings (SSSR count). The number of aromatic nitrogens is 2. The van der Waals surface area contributed by atoms with Gasteiger partial charge in [-0.05, 0) is 12.8 Å². The largest absolute Gasteiger partial charge is 0.419 e. The predicted octanol–water partition coefficient (Wildman–Crippen LogP) is 1.20. The first kappa shape index (κ1) is 13.6. The van der Waals surface area contributed by atoms with Crippen LogP contribution in [0.25, 0.3) is 0 Å². The van der Waals surface area contributed by atoms with Crippen LogP contribution in [0, 0.1) is 5.92 Å². The van der Waals surface area contributed by atoms with Gasteiger partial charge in [-0.1, -0.05) is 0 Å². The van der Waals surface area contributed by atoms with Crippen molar-refractivity contribution >= 4 is 11.9 Å². The van der Waals surface area contributed by atoms with Crippen molar-refractivity contribution in [1.29, 1.82) is 0 Å². The minimum Gasteiger partial charge on any atom is -0.369 e. The summed E-state index contributed by atoms with van der Waals surface area (Å²) >= 11 is 0. The van der Waals surface area contributed by atoms with Crippen molar-refractivity contribution in [2.24, 2.45) is 11.7 Å². The fourth-order valence-electron chi connectivity index (χ4n) is 2.02. The molecule has 1 atom stereocenters. The molecule has 0 radical (unpaired) electrons. The molecule has 0 aromatic carbocycles. The Labute approximate surface area is 107 Å². The van der Waals surface area contributed by atoms with Crippen molar-refractivity contribution < 1.29 is 18.0 Å². The number of alkyl halides is 3. The fourth-order valence-corrected chi connectivity index (χ4v) is 2.02. The number of primary amides is 1. The molecule has 0 spiro atoms. The first-order chi connectivity index (χ1) is 8.88. The molecule has 19 heavy (non-hydrogen) atoms. The van der Waals surface area contributed by atoms with Crippen molar-refractivity contribution in [2.75, 3.05) is 18.0 Å². The van der Waals surface area contributed by atoms with Gasteiger partial charge in [0.25, 0.3) is 0 Å². The third-order valence-corrected chi connectivity index (χ3v) is 3.07. The zero-order valence-corrected chi connectivity index (χ0v) is 10.0. The molecular weight excluding hydrogens is 261 g/mol. The Kier molecular flexibility index (Phi) is 3.59. The Morgan fingerprint density at radius 3 is 2.53 bits per heavy atom. The predicted molar refractivity (Wildman–Crippen MR) is 61.2 cm³/mol. The van der Waals surface area contributed by atoms with E-state index in [0.717, 1.165) is 18.8 Å². The molecule has 2 heterocycles. The van der Waals surface area contributed by atoms with Gasteiger partial charge in [-0.25, -0.2) is 9.97 Å². The number of anilines is 1. The van der Waals surface area contributed by atoms with Crippen LogP contribution < -0.4 is 10.6 Å². The lowest BCUT2D eigenvalue weighted by molar-refractivity contribution is -0.138. The van der Waals surface area contributed by atoms with Crippen LogP contribution in [0.2, 0.25) is 0 Å². The van der Waals surface area contributed by atoms with Crippen molar-refractivity contribution in [3.05, 3.63) is 18.0 Å². The average Bonchev–Trinajstić information content (AvgIpc) is 2.38. The topological polar surface area (TPSA) is 72.1 Å². The van der Waals surface area contributed by atoms with Gasteiger partial charge in [0.1, 0.15) is 0 Å². The minimum absolute atomic E-state index is 0.193. The van der Waals surface area contributed by atoms with Crippen LogP contribution in [0.1, 0.15) is 18.4 Å². The third kappa shape index (κ3) is 3.12. The van der Waals surface area contributed by atoms with Crippen LogP contribution in [0.4, 0.5) is 19.1 Å². The lowest BCUT2D eigenvalue weighted by atomic mass is 9.98. The number of hydrogen-bond donors (Lipinski definition) is 1. The van der Waals surface area contributed by atoms with E-state index in [1.165, 1.54) is 0 Å². The molecule has 8 heteroatoms. The summed E-state index contributed by atoms with van der Waals surface area (Å²) in [6.07, 6.45) is -1.53.